The molecule has 1 N–H and O–H groups in total. The largest absolute Gasteiger partial charge is 0.494 e. The fraction of sp³-hybridized carbons (Fsp3) is 0.312. The van der Waals surface area contributed by atoms with Crippen LogP contribution in [0.1, 0.15) is 24.2 Å². The van der Waals surface area contributed by atoms with Gasteiger partial charge in [-0.25, -0.2) is 4.39 Å². The lowest BCUT2D eigenvalue weighted by Crippen LogP contribution is -2.24. The fourth-order valence-electron chi connectivity index (χ4n) is 2.24. The number of benzene rings is 1. The van der Waals surface area contributed by atoms with Crippen LogP contribution in [0.5, 0.6) is 5.75 Å². The van der Waals surface area contributed by atoms with Crippen molar-refractivity contribution in [2.45, 2.75) is 19.4 Å². The standard InChI is InChI=1S/C16H18BrFN2O/c1-3-19-14(16-12(17)5-4-8-20-16)10-11-6-7-15(21-2)13(18)9-11/h4-9,14,19H,3,10H2,1-2H3. The van der Waals surface area contributed by atoms with Gasteiger partial charge < -0.3 is 10.1 Å². The van der Waals surface area contributed by atoms with Gasteiger partial charge in [-0.15, -0.1) is 0 Å². The zero-order chi connectivity index (χ0) is 15.2. The Balaban J connectivity index is 2.24. The number of hydrogen-bond acceptors (Lipinski definition) is 3. The van der Waals surface area contributed by atoms with Crippen LogP contribution < -0.4 is 10.1 Å². The summed E-state index contributed by atoms with van der Waals surface area (Å²) in [6.45, 7) is 2.85. The van der Waals surface area contributed by atoms with Crippen LogP contribution in [0, 0.1) is 5.82 Å². The molecule has 1 atom stereocenters. The summed E-state index contributed by atoms with van der Waals surface area (Å²) in [7, 11) is 1.46. The molecule has 0 aliphatic rings. The van der Waals surface area contributed by atoms with E-state index < -0.39 is 0 Å². The summed E-state index contributed by atoms with van der Waals surface area (Å²) in [5.41, 5.74) is 1.83. The average molecular weight is 353 g/mol. The summed E-state index contributed by atoms with van der Waals surface area (Å²) in [5.74, 6) is -0.0805. The number of methoxy groups -OCH3 is 1. The van der Waals surface area contributed by atoms with Crippen molar-refractivity contribution in [2.24, 2.45) is 0 Å². The van der Waals surface area contributed by atoms with Crippen LogP contribution in [-0.4, -0.2) is 18.6 Å². The summed E-state index contributed by atoms with van der Waals surface area (Å²) in [6.07, 6.45) is 2.42. The maximum Gasteiger partial charge on any atom is 0.165 e. The molecule has 0 fully saturated rings. The molecule has 1 aromatic heterocycles. The van der Waals surface area contributed by atoms with Gasteiger partial charge in [0.2, 0.25) is 0 Å². The van der Waals surface area contributed by atoms with E-state index in [1.54, 1.807) is 12.3 Å². The Morgan fingerprint density at radius 3 is 2.81 bits per heavy atom. The van der Waals surface area contributed by atoms with Crippen LogP contribution in [0.2, 0.25) is 0 Å². The summed E-state index contributed by atoms with van der Waals surface area (Å²) < 4.78 is 19.7. The van der Waals surface area contributed by atoms with Crippen LogP contribution in [0.25, 0.3) is 0 Å². The molecule has 21 heavy (non-hydrogen) atoms. The first-order chi connectivity index (χ1) is 10.2. The van der Waals surface area contributed by atoms with Gasteiger partial charge >= 0.3 is 0 Å². The molecule has 0 bridgehead atoms. The van der Waals surface area contributed by atoms with Crippen molar-refractivity contribution in [1.82, 2.24) is 10.3 Å². The molecule has 0 amide bonds. The van der Waals surface area contributed by atoms with Gasteiger partial charge in [-0.2, -0.15) is 0 Å². The molecular formula is C16H18BrFN2O. The second kappa shape index (κ2) is 7.52. The molecule has 0 spiro atoms. The summed E-state index contributed by atoms with van der Waals surface area (Å²) in [6, 6.07) is 8.91. The van der Waals surface area contributed by atoms with Crippen molar-refractivity contribution < 1.29 is 9.13 Å². The number of halogens is 2. The number of likely N-dealkylation sites (N-methyl/N-ethyl adjacent to an activating group) is 1. The van der Waals surface area contributed by atoms with Gasteiger partial charge in [0.25, 0.3) is 0 Å². The van der Waals surface area contributed by atoms with Crippen molar-refractivity contribution in [3.63, 3.8) is 0 Å². The molecule has 0 aliphatic heterocycles. The zero-order valence-corrected chi connectivity index (χ0v) is 13.7. The van der Waals surface area contributed by atoms with Gasteiger partial charge in [-0.3, -0.25) is 4.98 Å². The minimum atomic E-state index is -0.342. The quantitative estimate of drug-likeness (QED) is 0.856. The summed E-state index contributed by atoms with van der Waals surface area (Å²) >= 11 is 3.52. The highest BCUT2D eigenvalue weighted by Gasteiger charge is 2.16. The first kappa shape index (κ1) is 15.9. The Kier molecular flexibility index (Phi) is 5.70. The van der Waals surface area contributed by atoms with E-state index >= 15 is 0 Å². The Morgan fingerprint density at radius 1 is 1.38 bits per heavy atom. The van der Waals surface area contributed by atoms with Gasteiger partial charge in [0.05, 0.1) is 18.8 Å². The van der Waals surface area contributed by atoms with E-state index in [0.717, 1.165) is 22.3 Å². The van der Waals surface area contributed by atoms with Crippen molar-refractivity contribution in [2.75, 3.05) is 13.7 Å². The lowest BCUT2D eigenvalue weighted by Gasteiger charge is -2.19. The normalized spacial score (nSPS) is 12.2. The molecule has 3 nitrogen and oxygen atoms in total. The fourth-order valence-corrected chi connectivity index (χ4v) is 2.77. The highest BCUT2D eigenvalue weighted by atomic mass is 79.9. The highest BCUT2D eigenvalue weighted by molar-refractivity contribution is 9.10. The second-order valence-electron chi connectivity index (χ2n) is 4.65. The zero-order valence-electron chi connectivity index (χ0n) is 12.1. The van der Waals surface area contributed by atoms with E-state index in [-0.39, 0.29) is 17.6 Å². The Bertz CT molecular complexity index is 607. The third-order valence-electron chi connectivity index (χ3n) is 3.22. The minimum absolute atomic E-state index is 0.0263. The monoisotopic (exact) mass is 352 g/mol. The van der Waals surface area contributed by atoms with Crippen molar-refractivity contribution in [3.05, 3.63) is 58.1 Å². The lowest BCUT2D eigenvalue weighted by atomic mass is 10.0. The minimum Gasteiger partial charge on any atom is -0.494 e. The molecule has 2 aromatic rings. The first-order valence-corrected chi connectivity index (χ1v) is 7.61. The van der Waals surface area contributed by atoms with E-state index in [2.05, 4.69) is 26.2 Å². The molecule has 1 aromatic carbocycles. The molecular weight excluding hydrogens is 335 g/mol. The van der Waals surface area contributed by atoms with Crippen LogP contribution in [0.15, 0.2) is 41.0 Å². The molecule has 1 heterocycles. The van der Waals surface area contributed by atoms with Crippen LogP contribution >= 0.6 is 15.9 Å². The molecule has 112 valence electrons. The highest BCUT2D eigenvalue weighted by Crippen LogP contribution is 2.26. The van der Waals surface area contributed by atoms with Gasteiger partial charge in [-0.1, -0.05) is 13.0 Å². The van der Waals surface area contributed by atoms with Crippen molar-refractivity contribution in [3.8, 4) is 5.75 Å². The Labute approximate surface area is 132 Å². The average Bonchev–Trinajstić information content (AvgIpc) is 2.47. The lowest BCUT2D eigenvalue weighted by molar-refractivity contribution is 0.386. The molecule has 1 unspecified atom stereocenters. The van der Waals surface area contributed by atoms with Gasteiger partial charge in [-0.05, 0) is 58.7 Å². The molecule has 5 heteroatoms. The van der Waals surface area contributed by atoms with E-state index in [4.69, 9.17) is 4.74 Å². The third kappa shape index (κ3) is 4.02. The Hall–Kier alpha value is -1.46. The molecule has 0 aliphatic carbocycles. The maximum atomic E-state index is 13.8. The Morgan fingerprint density at radius 2 is 2.19 bits per heavy atom. The predicted octanol–water partition coefficient (Wildman–Crippen LogP) is 3.89. The van der Waals surface area contributed by atoms with Crippen LogP contribution in [0.3, 0.4) is 0 Å². The van der Waals surface area contributed by atoms with E-state index in [1.807, 2.05) is 25.1 Å². The van der Waals surface area contributed by atoms with Crippen molar-refractivity contribution >= 4 is 15.9 Å². The summed E-state index contributed by atoms with van der Waals surface area (Å²) in [5, 5.41) is 3.39. The molecule has 2 rings (SSSR count). The number of nitrogens with one attached hydrogen (secondary N) is 1. The van der Waals surface area contributed by atoms with E-state index in [0.29, 0.717) is 6.42 Å². The van der Waals surface area contributed by atoms with E-state index in [1.165, 1.54) is 13.2 Å². The molecule has 0 saturated heterocycles. The smallest absolute Gasteiger partial charge is 0.165 e. The number of hydrogen-bond donors (Lipinski definition) is 1. The molecule has 0 saturated carbocycles. The van der Waals surface area contributed by atoms with Gasteiger partial charge in [0.15, 0.2) is 11.6 Å². The third-order valence-corrected chi connectivity index (χ3v) is 3.89. The first-order valence-electron chi connectivity index (χ1n) is 6.82. The van der Waals surface area contributed by atoms with Crippen LogP contribution in [0.4, 0.5) is 4.39 Å². The van der Waals surface area contributed by atoms with Crippen molar-refractivity contribution in [1.29, 1.82) is 0 Å². The number of nitrogens with zero attached hydrogens (tertiary/aromatic N) is 1. The predicted molar refractivity (Wildman–Crippen MR) is 85.0 cm³/mol. The number of pyridine rings is 1. The molecule has 0 radical (unpaired) electrons. The number of ether oxygens (including phenoxy) is 1. The second-order valence-corrected chi connectivity index (χ2v) is 5.51. The number of rotatable bonds is 6. The van der Waals surface area contributed by atoms with Gasteiger partial charge in [0.1, 0.15) is 0 Å². The van der Waals surface area contributed by atoms with Crippen LogP contribution in [-0.2, 0) is 6.42 Å². The topological polar surface area (TPSA) is 34.1 Å². The maximum absolute atomic E-state index is 13.8. The SMILES string of the molecule is CCNC(Cc1ccc(OC)c(F)c1)c1ncccc1Br. The summed E-state index contributed by atoms with van der Waals surface area (Å²) in [4.78, 5) is 4.42. The van der Waals surface area contributed by atoms with E-state index in [9.17, 15) is 4.39 Å². The van der Waals surface area contributed by atoms with Gasteiger partial charge in [0, 0.05) is 10.7 Å². The number of aromatic nitrogens is 1.